The fourth-order valence-electron chi connectivity index (χ4n) is 3.37. The van der Waals surface area contributed by atoms with Crippen LogP contribution in [-0.2, 0) is 9.53 Å². The van der Waals surface area contributed by atoms with Gasteiger partial charge in [0, 0.05) is 24.2 Å². The second-order valence-corrected chi connectivity index (χ2v) is 7.05. The van der Waals surface area contributed by atoms with E-state index in [4.69, 9.17) is 16.3 Å². The smallest absolute Gasteiger partial charge is 0.321 e. The lowest BCUT2D eigenvalue weighted by molar-refractivity contribution is -0.118. The summed E-state index contributed by atoms with van der Waals surface area (Å²) in [6.07, 6.45) is 4.20. The third-order valence-corrected chi connectivity index (χ3v) is 4.93. The predicted octanol–water partition coefficient (Wildman–Crippen LogP) is 2.36. The highest BCUT2D eigenvalue weighted by atomic mass is 35.5. The van der Waals surface area contributed by atoms with Gasteiger partial charge in [-0.3, -0.25) is 10.1 Å². The molecule has 2 fully saturated rings. The zero-order chi connectivity index (χ0) is 18.4. The van der Waals surface area contributed by atoms with Crippen LogP contribution in [0.2, 0.25) is 5.02 Å². The monoisotopic (exact) mass is 380 g/mol. The molecule has 1 aromatic rings. The Morgan fingerprint density at radius 2 is 1.92 bits per heavy atom. The third kappa shape index (κ3) is 5.25. The summed E-state index contributed by atoms with van der Waals surface area (Å²) >= 11 is 6.10. The van der Waals surface area contributed by atoms with Crippen LogP contribution in [0, 0.1) is 0 Å². The van der Waals surface area contributed by atoms with Crippen molar-refractivity contribution in [2.24, 2.45) is 0 Å². The van der Waals surface area contributed by atoms with Crippen molar-refractivity contribution in [2.75, 3.05) is 43.1 Å². The molecule has 0 bridgehead atoms. The zero-order valence-electron chi connectivity index (χ0n) is 14.7. The number of nitrogens with one attached hydrogen (secondary N) is 3. The number of benzene rings is 1. The molecule has 0 unspecified atom stereocenters. The molecule has 0 aromatic heterocycles. The molecule has 142 valence electrons. The fourth-order valence-corrected chi connectivity index (χ4v) is 3.54. The molecule has 0 radical (unpaired) electrons. The van der Waals surface area contributed by atoms with Gasteiger partial charge in [0.15, 0.2) is 0 Å². The van der Waals surface area contributed by atoms with E-state index in [-0.39, 0.29) is 18.5 Å². The van der Waals surface area contributed by atoms with Gasteiger partial charge in [0.05, 0.1) is 31.1 Å². The molecule has 8 heteroatoms. The molecule has 7 nitrogen and oxygen atoms in total. The summed E-state index contributed by atoms with van der Waals surface area (Å²) in [6.45, 7) is 2.90. The molecule has 0 spiro atoms. The van der Waals surface area contributed by atoms with Crippen LogP contribution in [0.1, 0.15) is 25.7 Å². The number of halogens is 1. The number of nitrogens with zero attached hydrogens (tertiary/aromatic N) is 1. The summed E-state index contributed by atoms with van der Waals surface area (Å²) in [5, 5.41) is 8.89. The van der Waals surface area contributed by atoms with Crippen LogP contribution in [0.4, 0.5) is 16.2 Å². The Bertz CT molecular complexity index is 643. The average Bonchev–Trinajstić information content (AvgIpc) is 3.13. The molecular weight excluding hydrogens is 356 g/mol. The summed E-state index contributed by atoms with van der Waals surface area (Å²) < 4.78 is 5.38. The van der Waals surface area contributed by atoms with Crippen LogP contribution in [0.5, 0.6) is 0 Å². The van der Waals surface area contributed by atoms with Gasteiger partial charge in [0.1, 0.15) is 0 Å². The number of anilines is 2. The number of rotatable bonds is 5. The number of carbonyl (C=O) groups is 2. The summed E-state index contributed by atoms with van der Waals surface area (Å²) in [4.78, 5) is 26.1. The molecule has 26 heavy (non-hydrogen) atoms. The minimum atomic E-state index is -0.428. The van der Waals surface area contributed by atoms with E-state index in [2.05, 4.69) is 20.9 Å². The summed E-state index contributed by atoms with van der Waals surface area (Å²) in [5.41, 5.74) is 1.74. The van der Waals surface area contributed by atoms with Crippen LogP contribution in [0.25, 0.3) is 0 Å². The average molecular weight is 381 g/mol. The minimum Gasteiger partial charge on any atom is -0.378 e. The van der Waals surface area contributed by atoms with Crippen LogP contribution in [-0.4, -0.2) is 50.8 Å². The largest absolute Gasteiger partial charge is 0.378 e. The first kappa shape index (κ1) is 18.8. The molecular formula is C18H25ClN4O3. The lowest BCUT2D eigenvalue weighted by Crippen LogP contribution is -2.45. The number of hydrogen-bond acceptors (Lipinski definition) is 5. The molecule has 2 aliphatic rings. The molecule has 1 saturated heterocycles. The topological polar surface area (TPSA) is 82.7 Å². The van der Waals surface area contributed by atoms with Crippen LogP contribution < -0.4 is 20.9 Å². The minimum absolute atomic E-state index is 0.00420. The maximum Gasteiger partial charge on any atom is 0.321 e. The Morgan fingerprint density at radius 1 is 1.19 bits per heavy atom. The number of amides is 3. The Hall–Kier alpha value is -1.99. The Labute approximate surface area is 158 Å². The van der Waals surface area contributed by atoms with E-state index in [9.17, 15) is 9.59 Å². The van der Waals surface area contributed by atoms with Gasteiger partial charge in [-0.15, -0.1) is 0 Å². The maximum atomic E-state index is 12.1. The van der Waals surface area contributed by atoms with Crippen molar-refractivity contribution in [1.82, 2.24) is 10.6 Å². The molecule has 3 N–H and O–H groups in total. The maximum absolute atomic E-state index is 12.1. The number of hydrogen-bond donors (Lipinski definition) is 3. The van der Waals surface area contributed by atoms with Crippen LogP contribution in [0.15, 0.2) is 18.2 Å². The fraction of sp³-hybridized carbons (Fsp3) is 0.556. The Balaban J connectivity index is 1.53. The van der Waals surface area contributed by atoms with E-state index in [0.717, 1.165) is 50.1 Å². The Morgan fingerprint density at radius 3 is 2.65 bits per heavy atom. The summed E-state index contributed by atoms with van der Waals surface area (Å²) in [7, 11) is 0. The number of urea groups is 1. The first-order valence-electron chi connectivity index (χ1n) is 9.08. The van der Waals surface area contributed by atoms with Crippen molar-refractivity contribution in [3.63, 3.8) is 0 Å². The first-order chi connectivity index (χ1) is 12.6. The van der Waals surface area contributed by atoms with E-state index in [1.165, 1.54) is 0 Å². The first-order valence-corrected chi connectivity index (χ1v) is 9.46. The summed E-state index contributed by atoms with van der Waals surface area (Å²) in [5.74, 6) is -0.381. The predicted molar refractivity (Wildman–Crippen MR) is 102 cm³/mol. The van der Waals surface area contributed by atoms with E-state index < -0.39 is 6.03 Å². The van der Waals surface area contributed by atoms with Crippen molar-refractivity contribution < 1.29 is 14.3 Å². The van der Waals surface area contributed by atoms with Gasteiger partial charge in [-0.05, 0) is 31.0 Å². The van der Waals surface area contributed by atoms with E-state index >= 15 is 0 Å². The Kier molecular flexibility index (Phi) is 6.57. The van der Waals surface area contributed by atoms with Crippen molar-refractivity contribution in [3.05, 3.63) is 23.2 Å². The van der Waals surface area contributed by atoms with Gasteiger partial charge >= 0.3 is 6.03 Å². The third-order valence-electron chi connectivity index (χ3n) is 4.69. The van der Waals surface area contributed by atoms with Gasteiger partial charge in [0.25, 0.3) is 0 Å². The lowest BCUT2D eigenvalue weighted by atomic mass is 10.2. The molecule has 1 heterocycles. The standard InChI is InChI=1S/C18H25ClN4O3/c19-13-5-6-16(23-7-9-26-10-8-23)15(11-13)20-12-17(24)22-18(25)21-14-3-1-2-4-14/h5-6,11,14,20H,1-4,7-10,12H2,(H2,21,22,24,25). The second-order valence-electron chi connectivity index (χ2n) is 6.62. The zero-order valence-corrected chi connectivity index (χ0v) is 15.5. The molecule has 1 aliphatic heterocycles. The van der Waals surface area contributed by atoms with Crippen LogP contribution >= 0.6 is 11.6 Å². The highest BCUT2D eigenvalue weighted by Crippen LogP contribution is 2.29. The van der Waals surface area contributed by atoms with Crippen LogP contribution in [0.3, 0.4) is 0 Å². The number of morpholine rings is 1. The SMILES string of the molecule is O=C(CNc1cc(Cl)ccc1N1CCOCC1)NC(=O)NC1CCCC1. The lowest BCUT2D eigenvalue weighted by Gasteiger charge is -2.30. The molecule has 1 saturated carbocycles. The summed E-state index contributed by atoms with van der Waals surface area (Å²) in [6, 6.07) is 5.30. The van der Waals surface area contributed by atoms with E-state index in [0.29, 0.717) is 18.2 Å². The number of ether oxygens (including phenoxy) is 1. The number of imide groups is 1. The van der Waals surface area contributed by atoms with Crippen molar-refractivity contribution >= 4 is 34.9 Å². The van der Waals surface area contributed by atoms with Crippen molar-refractivity contribution in [1.29, 1.82) is 0 Å². The van der Waals surface area contributed by atoms with Gasteiger partial charge in [-0.25, -0.2) is 4.79 Å². The van der Waals surface area contributed by atoms with Gasteiger partial charge < -0.3 is 20.3 Å². The normalized spacial score (nSPS) is 17.8. The highest BCUT2D eigenvalue weighted by molar-refractivity contribution is 6.31. The molecule has 1 aromatic carbocycles. The molecule has 3 amide bonds. The van der Waals surface area contributed by atoms with Crippen molar-refractivity contribution in [3.8, 4) is 0 Å². The van der Waals surface area contributed by atoms with Crippen molar-refractivity contribution in [2.45, 2.75) is 31.7 Å². The highest BCUT2D eigenvalue weighted by Gasteiger charge is 2.19. The molecule has 0 atom stereocenters. The second kappa shape index (κ2) is 9.09. The van der Waals surface area contributed by atoms with E-state index in [1.807, 2.05) is 12.1 Å². The van der Waals surface area contributed by atoms with E-state index in [1.54, 1.807) is 6.07 Å². The molecule has 1 aliphatic carbocycles. The van der Waals surface area contributed by atoms with Gasteiger partial charge in [0.2, 0.25) is 5.91 Å². The van der Waals surface area contributed by atoms with Gasteiger partial charge in [-0.1, -0.05) is 24.4 Å². The quantitative estimate of drug-likeness (QED) is 0.730. The van der Waals surface area contributed by atoms with Gasteiger partial charge in [-0.2, -0.15) is 0 Å². The molecule has 3 rings (SSSR count). The number of carbonyl (C=O) groups excluding carboxylic acids is 2.